The first kappa shape index (κ1) is 46.4. The second kappa shape index (κ2) is 19.0. The summed E-state index contributed by atoms with van der Waals surface area (Å²) in [5, 5.41) is 8.24. The molecule has 6 aromatic rings. The van der Waals surface area contributed by atoms with E-state index in [0.717, 1.165) is 69.0 Å². The van der Waals surface area contributed by atoms with Gasteiger partial charge in [0, 0.05) is 108 Å². The molecule has 6 bridgehead atoms. The molecule has 4 fully saturated rings. The molecule has 8 heterocycles. The molecule has 364 valence electrons. The molecule has 17 heteroatoms. The van der Waals surface area contributed by atoms with E-state index in [0.29, 0.717) is 36.9 Å². The summed E-state index contributed by atoms with van der Waals surface area (Å²) in [6.07, 6.45) is 11.2. The lowest BCUT2D eigenvalue weighted by atomic mass is 9.84. The second-order valence-corrected chi connectivity index (χ2v) is 21.4. The van der Waals surface area contributed by atoms with Gasteiger partial charge in [-0.3, -0.25) is 34.3 Å². The van der Waals surface area contributed by atoms with E-state index in [1.807, 2.05) is 49.7 Å². The predicted molar refractivity (Wildman–Crippen MR) is 263 cm³/mol. The van der Waals surface area contributed by atoms with Crippen molar-refractivity contribution in [3.05, 3.63) is 113 Å². The molecule has 0 radical (unpaired) electrons. The van der Waals surface area contributed by atoms with Gasteiger partial charge in [-0.25, -0.2) is 20.4 Å². The largest absolute Gasteiger partial charge is 0.464 e. The Morgan fingerprint density at radius 1 is 1.01 bits per heavy atom. The van der Waals surface area contributed by atoms with Crippen LogP contribution in [-0.2, 0) is 41.6 Å². The molecule has 3 aliphatic heterocycles. The van der Waals surface area contributed by atoms with Crippen LogP contribution >= 0.6 is 11.3 Å². The van der Waals surface area contributed by atoms with Gasteiger partial charge in [0.2, 0.25) is 5.91 Å². The molecule has 0 unspecified atom stereocenters. The van der Waals surface area contributed by atoms with Gasteiger partial charge in [-0.05, 0) is 98.5 Å². The number of hydrogen-bond donors (Lipinski definition) is 2. The van der Waals surface area contributed by atoms with E-state index in [1.54, 1.807) is 25.7 Å². The third kappa shape index (κ3) is 9.02. The summed E-state index contributed by atoms with van der Waals surface area (Å²) in [5.74, 6) is -1.76. The number of benzene rings is 1. The minimum atomic E-state index is -1.22. The first-order chi connectivity index (χ1) is 34.0. The molecule has 0 spiro atoms. The zero-order valence-corrected chi connectivity index (χ0v) is 41.1. The number of amides is 2. The first-order valence-electron chi connectivity index (χ1n) is 24.6. The van der Waals surface area contributed by atoms with Crippen molar-refractivity contribution in [1.29, 1.82) is 0 Å². The monoisotopic (exact) mass is 964 g/mol. The summed E-state index contributed by atoms with van der Waals surface area (Å²) in [4.78, 5) is 69.5. The number of esters is 1. The lowest BCUT2D eigenvalue weighted by molar-refractivity contribution is -0.157. The highest BCUT2D eigenvalue weighted by Gasteiger charge is 2.54. The van der Waals surface area contributed by atoms with Crippen LogP contribution in [0.25, 0.3) is 33.4 Å². The third-order valence-electron chi connectivity index (χ3n) is 15.0. The quantitative estimate of drug-likeness (QED) is 0.125. The number of hydrogen-bond acceptors (Lipinski definition) is 14. The van der Waals surface area contributed by atoms with E-state index in [9.17, 15) is 9.59 Å². The highest BCUT2D eigenvalue weighted by Crippen LogP contribution is 2.53. The molecule has 2 saturated heterocycles. The number of ether oxygens (including phenoxy) is 3. The van der Waals surface area contributed by atoms with Crippen LogP contribution in [0.1, 0.15) is 105 Å². The molecule has 2 saturated carbocycles. The minimum Gasteiger partial charge on any atom is -0.464 e. The summed E-state index contributed by atoms with van der Waals surface area (Å²) < 4.78 is 21.5. The minimum absolute atomic E-state index is 0.0203. The SMILES string of the molecule is CO[C@@H](C)c1ncccc1-c1c2c3cc(ccc3n1C1CN(C3CC3)C1)-c1csc(n1)[C@@H](OCc1ccncc1)[C@H](NC(=O)[C@@H]1[C@@H](C)[C@H]1c1ccncn1)C(=O)N1CCC[C@H](N1)C(=O)OCC(C)(C)C2. The van der Waals surface area contributed by atoms with Crippen molar-refractivity contribution in [2.75, 3.05) is 33.4 Å². The Balaban J connectivity index is 1.05. The zero-order chi connectivity index (χ0) is 48.3. The van der Waals surface area contributed by atoms with E-state index < -0.39 is 41.4 Å². The second-order valence-electron chi connectivity index (χ2n) is 20.5. The Hall–Kier alpha value is -5.98. The lowest BCUT2D eigenvalue weighted by Crippen LogP contribution is -2.61. The van der Waals surface area contributed by atoms with Gasteiger partial charge < -0.3 is 24.1 Å². The van der Waals surface area contributed by atoms with Crippen molar-refractivity contribution < 1.29 is 28.6 Å². The molecule has 1 aromatic carbocycles. The van der Waals surface area contributed by atoms with Crippen molar-refractivity contribution in [2.45, 2.75) is 109 Å². The number of cyclic esters (lactones) is 1. The van der Waals surface area contributed by atoms with Crippen molar-refractivity contribution >= 4 is 40.0 Å². The van der Waals surface area contributed by atoms with Gasteiger partial charge in [0.05, 0.1) is 42.4 Å². The molecular weight excluding hydrogens is 905 g/mol. The molecule has 11 rings (SSSR count). The van der Waals surface area contributed by atoms with Gasteiger partial charge in [0.15, 0.2) is 0 Å². The molecule has 2 N–H and O–H groups in total. The normalized spacial score (nSPS) is 25.5. The number of aromatic nitrogens is 6. The van der Waals surface area contributed by atoms with Crippen molar-refractivity contribution in [3.63, 3.8) is 0 Å². The number of likely N-dealkylation sites (tertiary alicyclic amines) is 1. The number of carbonyl (C=O) groups excluding carboxylic acids is 3. The summed E-state index contributed by atoms with van der Waals surface area (Å²) in [6, 6.07) is 15.2. The Morgan fingerprint density at radius 3 is 2.60 bits per heavy atom. The van der Waals surface area contributed by atoms with Gasteiger partial charge in [0.25, 0.3) is 5.91 Å². The first-order valence-corrected chi connectivity index (χ1v) is 25.5. The molecule has 2 aliphatic carbocycles. The van der Waals surface area contributed by atoms with Crippen molar-refractivity contribution in [2.24, 2.45) is 17.3 Å². The molecule has 7 atom stereocenters. The molecule has 2 amide bonds. The highest BCUT2D eigenvalue weighted by atomic mass is 32.1. The maximum absolute atomic E-state index is 15.2. The van der Waals surface area contributed by atoms with Crippen LogP contribution in [0.3, 0.4) is 0 Å². The number of carbonyl (C=O) groups is 3. The fourth-order valence-corrected chi connectivity index (χ4v) is 11.8. The van der Waals surface area contributed by atoms with Crippen LogP contribution in [0.2, 0.25) is 0 Å². The number of nitrogens with one attached hydrogen (secondary N) is 2. The Kier molecular flexibility index (Phi) is 12.6. The summed E-state index contributed by atoms with van der Waals surface area (Å²) >= 11 is 1.39. The van der Waals surface area contributed by atoms with Gasteiger partial charge in [-0.1, -0.05) is 26.8 Å². The highest BCUT2D eigenvalue weighted by molar-refractivity contribution is 7.10. The van der Waals surface area contributed by atoms with Crippen LogP contribution < -0.4 is 10.7 Å². The molecular formula is C53H60N10O6S. The van der Waals surface area contributed by atoms with E-state index in [4.69, 9.17) is 24.2 Å². The number of rotatable bonds is 11. The lowest BCUT2D eigenvalue weighted by Gasteiger charge is -2.42. The van der Waals surface area contributed by atoms with Crippen molar-refractivity contribution in [1.82, 2.24) is 50.1 Å². The Morgan fingerprint density at radius 2 is 1.83 bits per heavy atom. The van der Waals surface area contributed by atoms with E-state index in [-0.39, 0.29) is 43.1 Å². The standard InChI is InChI=1S/C53H60N10O6S/c1-30-43(39-16-20-55-29-57-39)44(30)49(64)59-46-48(68-26-32-14-18-54-19-15-32)50-58-41(27-70-50)33-10-13-42-37(22-33)38(23-53(3,4)28-69-52(66)40-9-7-21-62(60-40)51(46)65)47(36-8-6-17-56-45(36)31(2)67-5)63(42)35-24-61(25-35)34-11-12-34/h6,8,10,13-20,22,27,29-31,34-35,40,43-44,46,48,60H,7,9,11-12,21,23-26,28H2,1-5H3,(H,59,64)/t30-,31-,40-,43-,44+,46-,48-/m0/s1. The fourth-order valence-electron chi connectivity index (χ4n) is 10.9. The smallest absolute Gasteiger partial charge is 0.324 e. The summed E-state index contributed by atoms with van der Waals surface area (Å²) in [5.41, 5.74) is 11.2. The number of nitrogens with zero attached hydrogens (tertiary/aromatic N) is 8. The zero-order valence-electron chi connectivity index (χ0n) is 40.3. The summed E-state index contributed by atoms with van der Waals surface area (Å²) in [6.45, 7) is 10.8. The predicted octanol–water partition coefficient (Wildman–Crippen LogP) is 7.15. The van der Waals surface area contributed by atoms with Gasteiger partial charge in [-0.15, -0.1) is 11.3 Å². The van der Waals surface area contributed by atoms with Crippen LogP contribution in [0.15, 0.2) is 85.0 Å². The maximum atomic E-state index is 15.2. The van der Waals surface area contributed by atoms with E-state index in [1.165, 1.54) is 35.5 Å². The number of pyridine rings is 2. The average molecular weight is 965 g/mol. The van der Waals surface area contributed by atoms with Gasteiger partial charge in [0.1, 0.15) is 29.5 Å². The van der Waals surface area contributed by atoms with Crippen LogP contribution in [0.5, 0.6) is 0 Å². The average Bonchev–Trinajstić information content (AvgIpc) is 4.25. The van der Waals surface area contributed by atoms with Gasteiger partial charge in [-0.2, -0.15) is 0 Å². The van der Waals surface area contributed by atoms with E-state index in [2.05, 4.69) is 73.3 Å². The topological polar surface area (TPSA) is 179 Å². The molecule has 16 nitrogen and oxygen atoms in total. The molecule has 5 aromatic heterocycles. The molecule has 5 aliphatic rings. The Labute approximate surface area is 411 Å². The molecule has 70 heavy (non-hydrogen) atoms. The Bertz CT molecular complexity index is 2900. The third-order valence-corrected chi connectivity index (χ3v) is 15.9. The number of fused-ring (bicyclic) bond motifs is 6. The number of methoxy groups -OCH3 is 1. The fraction of sp³-hybridized carbons (Fsp3) is 0.472. The van der Waals surface area contributed by atoms with Crippen molar-refractivity contribution in [3.8, 4) is 22.5 Å². The summed E-state index contributed by atoms with van der Waals surface area (Å²) in [7, 11) is 1.72. The number of thiazole rings is 1. The van der Waals surface area contributed by atoms with Crippen LogP contribution in [0.4, 0.5) is 0 Å². The van der Waals surface area contributed by atoms with Crippen LogP contribution in [0, 0.1) is 17.3 Å². The number of hydrazine groups is 1. The van der Waals surface area contributed by atoms with Gasteiger partial charge >= 0.3 is 5.97 Å². The van der Waals surface area contributed by atoms with E-state index >= 15 is 4.79 Å². The van der Waals surface area contributed by atoms with Crippen LogP contribution in [-0.4, -0.2) is 109 Å². The maximum Gasteiger partial charge on any atom is 0.324 e.